The van der Waals surface area contributed by atoms with E-state index in [1.54, 1.807) is 84.9 Å². The summed E-state index contributed by atoms with van der Waals surface area (Å²) < 4.78 is 11.0. The van der Waals surface area contributed by atoms with Gasteiger partial charge in [0.1, 0.15) is 17.4 Å². The minimum Gasteiger partial charge on any atom is -0.494 e. The van der Waals surface area contributed by atoms with Crippen LogP contribution in [0.15, 0.2) is 103 Å². The minimum atomic E-state index is -1.17. The van der Waals surface area contributed by atoms with Crippen LogP contribution in [0, 0.1) is 16.0 Å². The van der Waals surface area contributed by atoms with Gasteiger partial charge >= 0.3 is 5.97 Å². The van der Waals surface area contributed by atoms with Gasteiger partial charge in [0.25, 0.3) is 11.6 Å². The Hall–Kier alpha value is -5.55. The standard InChI is InChI=1S/C32H25N3O8/c1-2-41-25-17-13-22(14-18-25)33-30(36)27-28(20-11-15-26(16-12-20)42-32(38)21-7-4-3-5-8-21)34(43-29(27)31(33)37)23-9-6-10-24(19-23)35(39)40/h3-19,27-29H,2H2,1H3/t27-,28+,29+/m1/s1. The Bertz CT molecular complexity index is 1690. The lowest BCUT2D eigenvalue weighted by molar-refractivity contribution is -0.384. The van der Waals surface area contributed by atoms with E-state index in [-0.39, 0.29) is 11.4 Å². The average molecular weight is 580 g/mol. The Morgan fingerprint density at radius 3 is 2.23 bits per heavy atom. The maximum absolute atomic E-state index is 13.9. The third-order valence-electron chi connectivity index (χ3n) is 7.26. The van der Waals surface area contributed by atoms with Gasteiger partial charge in [-0.15, -0.1) is 0 Å². The number of ether oxygens (including phenoxy) is 2. The quantitative estimate of drug-likeness (QED) is 0.0902. The molecule has 4 aromatic rings. The zero-order valence-electron chi connectivity index (χ0n) is 22.9. The highest BCUT2D eigenvalue weighted by Crippen LogP contribution is 2.48. The fraction of sp³-hybridized carbons (Fsp3) is 0.156. The number of carbonyl (C=O) groups excluding carboxylic acids is 3. The van der Waals surface area contributed by atoms with Crippen molar-refractivity contribution in [1.29, 1.82) is 0 Å². The first-order valence-corrected chi connectivity index (χ1v) is 13.5. The van der Waals surface area contributed by atoms with Gasteiger partial charge in [-0.05, 0) is 67.1 Å². The van der Waals surface area contributed by atoms with Crippen LogP contribution in [0.4, 0.5) is 17.1 Å². The number of anilines is 2. The van der Waals surface area contributed by atoms with E-state index in [1.807, 2.05) is 6.92 Å². The first-order chi connectivity index (χ1) is 20.9. The molecule has 43 heavy (non-hydrogen) atoms. The monoisotopic (exact) mass is 579 g/mol. The van der Waals surface area contributed by atoms with Gasteiger partial charge in [0, 0.05) is 12.1 Å². The molecule has 0 N–H and O–H groups in total. The number of imide groups is 1. The molecule has 216 valence electrons. The second kappa shape index (κ2) is 11.4. The molecule has 11 nitrogen and oxygen atoms in total. The molecule has 2 heterocycles. The van der Waals surface area contributed by atoms with Crippen LogP contribution in [-0.4, -0.2) is 35.4 Å². The number of hydrogen-bond donors (Lipinski definition) is 0. The van der Waals surface area contributed by atoms with Crippen molar-refractivity contribution in [3.05, 3.63) is 124 Å². The van der Waals surface area contributed by atoms with Crippen molar-refractivity contribution in [2.75, 3.05) is 16.6 Å². The van der Waals surface area contributed by atoms with Gasteiger partial charge in [0.2, 0.25) is 5.91 Å². The molecule has 0 radical (unpaired) electrons. The van der Waals surface area contributed by atoms with Gasteiger partial charge in [-0.2, -0.15) is 0 Å². The Morgan fingerprint density at radius 1 is 0.860 bits per heavy atom. The fourth-order valence-electron chi connectivity index (χ4n) is 5.31. The van der Waals surface area contributed by atoms with Crippen molar-refractivity contribution in [2.24, 2.45) is 5.92 Å². The Labute approximate surface area is 245 Å². The van der Waals surface area contributed by atoms with Crippen LogP contribution in [-0.2, 0) is 14.4 Å². The molecular weight excluding hydrogens is 554 g/mol. The van der Waals surface area contributed by atoms with E-state index < -0.39 is 40.8 Å². The molecule has 2 amide bonds. The van der Waals surface area contributed by atoms with E-state index in [1.165, 1.54) is 23.3 Å². The van der Waals surface area contributed by atoms with Crippen molar-refractivity contribution in [1.82, 2.24) is 0 Å². The maximum Gasteiger partial charge on any atom is 0.343 e. The lowest BCUT2D eigenvalue weighted by atomic mass is 9.90. The van der Waals surface area contributed by atoms with Gasteiger partial charge in [-0.3, -0.25) is 24.5 Å². The number of esters is 1. The van der Waals surface area contributed by atoms with E-state index in [0.717, 1.165) is 4.90 Å². The van der Waals surface area contributed by atoms with E-state index in [9.17, 15) is 24.5 Å². The molecule has 6 rings (SSSR count). The number of nitrogens with zero attached hydrogens (tertiary/aromatic N) is 3. The molecule has 0 bridgehead atoms. The van der Waals surface area contributed by atoms with Crippen molar-refractivity contribution in [3.8, 4) is 11.5 Å². The minimum absolute atomic E-state index is 0.172. The fourth-order valence-corrected chi connectivity index (χ4v) is 5.31. The van der Waals surface area contributed by atoms with E-state index in [0.29, 0.717) is 34.9 Å². The molecule has 0 spiro atoms. The predicted molar refractivity (Wildman–Crippen MR) is 155 cm³/mol. The normalized spacial score (nSPS) is 19.3. The zero-order chi connectivity index (χ0) is 30.1. The summed E-state index contributed by atoms with van der Waals surface area (Å²) in [4.78, 5) is 58.2. The summed E-state index contributed by atoms with van der Waals surface area (Å²) in [6, 6.07) is 26.6. The van der Waals surface area contributed by atoms with Crippen molar-refractivity contribution >= 4 is 34.8 Å². The van der Waals surface area contributed by atoms with Crippen molar-refractivity contribution in [3.63, 3.8) is 0 Å². The number of amides is 2. The highest BCUT2D eigenvalue weighted by molar-refractivity contribution is 6.24. The number of non-ortho nitro benzene ring substituents is 1. The second-order valence-electron chi connectivity index (χ2n) is 9.86. The number of nitro groups is 1. The molecule has 2 aliphatic rings. The van der Waals surface area contributed by atoms with Crippen LogP contribution in [0.5, 0.6) is 11.5 Å². The van der Waals surface area contributed by atoms with E-state index in [2.05, 4.69) is 0 Å². The SMILES string of the molecule is CCOc1ccc(N2C(=O)[C@H]3[C@H](ON(c4cccc([N+](=O)[O-])c4)[C@H]3c3ccc(OC(=O)c4ccccc4)cc3)C2=O)cc1. The van der Waals surface area contributed by atoms with E-state index in [4.69, 9.17) is 14.3 Å². The lowest BCUT2D eigenvalue weighted by Crippen LogP contribution is -2.37. The highest BCUT2D eigenvalue weighted by atomic mass is 16.7. The van der Waals surface area contributed by atoms with Gasteiger partial charge in [-0.1, -0.05) is 36.4 Å². The van der Waals surface area contributed by atoms with Crippen LogP contribution in [0.3, 0.4) is 0 Å². The third-order valence-corrected chi connectivity index (χ3v) is 7.26. The van der Waals surface area contributed by atoms with Crippen molar-refractivity contribution < 1.29 is 33.6 Å². The summed E-state index contributed by atoms with van der Waals surface area (Å²) in [6.07, 6.45) is -1.17. The predicted octanol–water partition coefficient (Wildman–Crippen LogP) is 5.26. The number of benzene rings is 4. The number of hydroxylamine groups is 1. The Morgan fingerprint density at radius 2 is 1.56 bits per heavy atom. The topological polar surface area (TPSA) is 129 Å². The molecule has 2 fully saturated rings. The van der Waals surface area contributed by atoms with Crippen LogP contribution < -0.4 is 19.4 Å². The molecular formula is C32H25N3O8. The van der Waals surface area contributed by atoms with Gasteiger partial charge in [-0.25, -0.2) is 14.8 Å². The molecule has 3 atom stereocenters. The van der Waals surface area contributed by atoms with Crippen LogP contribution in [0.25, 0.3) is 0 Å². The molecule has 2 saturated heterocycles. The summed E-state index contributed by atoms with van der Waals surface area (Å²) in [5.74, 6) is -1.64. The van der Waals surface area contributed by atoms with Crippen LogP contribution >= 0.6 is 0 Å². The second-order valence-corrected chi connectivity index (χ2v) is 9.86. The molecule has 4 aromatic carbocycles. The van der Waals surface area contributed by atoms with Gasteiger partial charge < -0.3 is 9.47 Å². The number of nitro benzene ring substituents is 1. The maximum atomic E-state index is 13.9. The number of rotatable bonds is 8. The number of fused-ring (bicyclic) bond motifs is 1. The van der Waals surface area contributed by atoms with E-state index >= 15 is 0 Å². The lowest BCUT2D eigenvalue weighted by Gasteiger charge is -2.28. The largest absolute Gasteiger partial charge is 0.494 e. The molecule has 0 saturated carbocycles. The number of hydrogen-bond acceptors (Lipinski definition) is 9. The average Bonchev–Trinajstić information content (AvgIpc) is 3.54. The molecule has 2 aliphatic heterocycles. The Kier molecular flexibility index (Phi) is 7.31. The first kappa shape index (κ1) is 27.6. The molecule has 11 heteroatoms. The molecule has 0 aliphatic carbocycles. The first-order valence-electron chi connectivity index (χ1n) is 13.5. The molecule has 0 aromatic heterocycles. The van der Waals surface area contributed by atoms with Gasteiger partial charge in [0.05, 0.1) is 34.5 Å². The summed E-state index contributed by atoms with van der Waals surface area (Å²) in [6.45, 7) is 2.32. The Balaban J connectivity index is 1.34. The van der Waals surface area contributed by atoms with Gasteiger partial charge in [0.15, 0.2) is 6.10 Å². The summed E-state index contributed by atoms with van der Waals surface area (Å²) in [5.41, 5.74) is 1.48. The third kappa shape index (κ3) is 5.17. The summed E-state index contributed by atoms with van der Waals surface area (Å²) in [5, 5.41) is 12.9. The summed E-state index contributed by atoms with van der Waals surface area (Å²) >= 11 is 0. The van der Waals surface area contributed by atoms with Crippen LogP contribution in [0.1, 0.15) is 28.9 Å². The van der Waals surface area contributed by atoms with Crippen molar-refractivity contribution in [2.45, 2.75) is 19.1 Å². The zero-order valence-corrected chi connectivity index (χ0v) is 22.9. The molecule has 0 unspecified atom stereocenters. The summed E-state index contributed by atoms with van der Waals surface area (Å²) in [7, 11) is 0. The number of carbonyl (C=O) groups is 3. The highest BCUT2D eigenvalue weighted by Gasteiger charge is 2.60. The van der Waals surface area contributed by atoms with Crippen LogP contribution in [0.2, 0.25) is 0 Å². The smallest absolute Gasteiger partial charge is 0.343 e.